The monoisotopic (exact) mass is 409 g/mol. The summed E-state index contributed by atoms with van der Waals surface area (Å²) in [5.41, 5.74) is 0. The maximum Gasteiger partial charge on any atom is 0.225 e. The van der Waals surface area contributed by atoms with Gasteiger partial charge in [-0.15, -0.1) is 11.3 Å². The van der Waals surface area contributed by atoms with Crippen LogP contribution in [0.3, 0.4) is 0 Å². The molecule has 10 heteroatoms. The third-order valence-electron chi connectivity index (χ3n) is 4.28. The molecule has 1 N–H and O–H groups in total. The number of nitrogens with zero attached hydrogens (tertiary/aromatic N) is 4. The minimum Gasteiger partial charge on any atom is -0.356 e. The first-order valence-electron chi connectivity index (χ1n) is 8.83. The number of nitrogens with one attached hydrogen (secondary N) is 1. The molecule has 2 aromatic rings. The number of aromatic nitrogens is 2. The van der Waals surface area contributed by atoms with Crippen LogP contribution in [0, 0.1) is 0 Å². The quantitative estimate of drug-likeness (QED) is 0.646. The van der Waals surface area contributed by atoms with Crippen LogP contribution in [0.1, 0.15) is 11.3 Å². The number of amides is 1. The van der Waals surface area contributed by atoms with E-state index in [0.717, 1.165) is 4.88 Å². The lowest BCUT2D eigenvalue weighted by atomic mass is 10.3. The molecule has 0 saturated carbocycles. The van der Waals surface area contributed by atoms with Crippen molar-refractivity contribution in [2.45, 2.75) is 12.8 Å². The molecule has 0 aliphatic carbocycles. The van der Waals surface area contributed by atoms with Gasteiger partial charge in [0.15, 0.2) is 0 Å². The van der Waals surface area contributed by atoms with Gasteiger partial charge in [0.25, 0.3) is 0 Å². The second-order valence-electron chi connectivity index (χ2n) is 6.21. The van der Waals surface area contributed by atoms with E-state index in [1.165, 1.54) is 15.6 Å². The third kappa shape index (κ3) is 5.72. The maximum absolute atomic E-state index is 12.5. The number of hydrogen-bond donors (Lipinski definition) is 1. The summed E-state index contributed by atoms with van der Waals surface area (Å²) in [5, 5.41) is 4.71. The summed E-state index contributed by atoms with van der Waals surface area (Å²) in [6.45, 7) is 2.35. The van der Waals surface area contributed by atoms with E-state index in [1.54, 1.807) is 18.5 Å². The fourth-order valence-electron chi connectivity index (χ4n) is 2.87. The number of carbonyl (C=O) groups excluding carboxylic acids is 1. The first kappa shape index (κ1) is 19.7. The molecule has 1 saturated heterocycles. The summed E-state index contributed by atoms with van der Waals surface area (Å²) in [4.78, 5) is 23.2. The molecule has 1 aliphatic heterocycles. The smallest absolute Gasteiger partial charge is 0.225 e. The molecule has 1 aliphatic rings. The summed E-state index contributed by atoms with van der Waals surface area (Å²) in [6.07, 6.45) is 4.10. The molecule has 1 amide bonds. The zero-order chi connectivity index (χ0) is 19.1. The predicted octanol–water partition coefficient (Wildman–Crippen LogP) is 0.739. The second-order valence-corrected chi connectivity index (χ2v) is 9.33. The van der Waals surface area contributed by atoms with Crippen LogP contribution in [0.25, 0.3) is 0 Å². The molecule has 0 bridgehead atoms. The fourth-order valence-corrected chi connectivity index (χ4v) is 5.06. The first-order chi connectivity index (χ1) is 13.0. The molecule has 0 atom stereocenters. The van der Waals surface area contributed by atoms with Crippen molar-refractivity contribution in [1.82, 2.24) is 19.6 Å². The normalized spacial score (nSPS) is 15.6. The number of rotatable bonds is 8. The summed E-state index contributed by atoms with van der Waals surface area (Å²) in [6, 6.07) is 5.57. The Balaban J connectivity index is 1.38. The largest absolute Gasteiger partial charge is 0.356 e. The maximum atomic E-state index is 12.5. The first-order valence-corrected chi connectivity index (χ1v) is 11.3. The van der Waals surface area contributed by atoms with Gasteiger partial charge < -0.3 is 10.2 Å². The van der Waals surface area contributed by atoms with E-state index >= 15 is 0 Å². The van der Waals surface area contributed by atoms with Crippen molar-refractivity contribution < 1.29 is 13.2 Å². The van der Waals surface area contributed by atoms with Crippen molar-refractivity contribution in [2.75, 3.05) is 43.4 Å². The minimum absolute atomic E-state index is 0.0358. The molecular formula is C17H23N5O3S2. The average Bonchev–Trinajstić information content (AvgIpc) is 3.19. The topological polar surface area (TPSA) is 95.5 Å². The van der Waals surface area contributed by atoms with E-state index in [9.17, 15) is 13.2 Å². The lowest BCUT2D eigenvalue weighted by Gasteiger charge is -2.33. The summed E-state index contributed by atoms with van der Waals surface area (Å²) >= 11 is 1.54. The van der Waals surface area contributed by atoms with Gasteiger partial charge in [-0.1, -0.05) is 6.07 Å². The number of carbonyl (C=O) groups is 1. The standard InChI is InChI=1S/C17H23N5O3S2/c23-16(14-15-4-1-12-26-15)18-7-3-13-27(24,25)22-10-8-21(9-11-22)17-19-5-2-6-20-17/h1-2,4-6,12H,3,7-11,13-14H2,(H,18,23). The third-order valence-corrected chi connectivity index (χ3v) is 7.12. The van der Waals surface area contributed by atoms with E-state index in [2.05, 4.69) is 15.3 Å². The summed E-state index contributed by atoms with van der Waals surface area (Å²) in [7, 11) is -3.32. The van der Waals surface area contributed by atoms with Crippen LogP contribution in [-0.4, -0.2) is 67.1 Å². The molecule has 0 aromatic carbocycles. The van der Waals surface area contributed by atoms with Gasteiger partial charge in [0.1, 0.15) is 0 Å². The molecule has 0 spiro atoms. The van der Waals surface area contributed by atoms with E-state index < -0.39 is 10.0 Å². The van der Waals surface area contributed by atoms with Crippen LogP contribution in [0.5, 0.6) is 0 Å². The van der Waals surface area contributed by atoms with Crippen LogP contribution in [0.15, 0.2) is 36.0 Å². The fraction of sp³-hybridized carbons (Fsp3) is 0.471. The number of thiophene rings is 1. The number of hydrogen-bond acceptors (Lipinski definition) is 7. The Morgan fingerprint density at radius 3 is 2.56 bits per heavy atom. The van der Waals surface area contributed by atoms with Crippen molar-refractivity contribution in [1.29, 1.82) is 0 Å². The highest BCUT2D eigenvalue weighted by Crippen LogP contribution is 2.13. The summed E-state index contributed by atoms with van der Waals surface area (Å²) in [5.74, 6) is 0.586. The molecule has 0 unspecified atom stereocenters. The number of anilines is 1. The Bertz CT molecular complexity index is 820. The minimum atomic E-state index is -3.32. The van der Waals surface area contributed by atoms with Gasteiger partial charge in [-0.3, -0.25) is 4.79 Å². The zero-order valence-corrected chi connectivity index (χ0v) is 16.6. The Morgan fingerprint density at radius 1 is 1.15 bits per heavy atom. The van der Waals surface area contributed by atoms with E-state index in [1.807, 2.05) is 22.4 Å². The van der Waals surface area contributed by atoms with E-state index in [0.29, 0.717) is 51.5 Å². The van der Waals surface area contributed by atoms with Crippen molar-refractivity contribution in [2.24, 2.45) is 0 Å². The number of sulfonamides is 1. The highest BCUT2D eigenvalue weighted by Gasteiger charge is 2.27. The van der Waals surface area contributed by atoms with Gasteiger partial charge in [0.05, 0.1) is 12.2 Å². The van der Waals surface area contributed by atoms with Crippen molar-refractivity contribution in [3.05, 3.63) is 40.8 Å². The Morgan fingerprint density at radius 2 is 1.89 bits per heavy atom. The average molecular weight is 410 g/mol. The van der Waals surface area contributed by atoms with Crippen LogP contribution >= 0.6 is 11.3 Å². The Hall–Kier alpha value is -2.04. The Labute approximate surface area is 163 Å². The van der Waals surface area contributed by atoms with Gasteiger partial charge in [0.2, 0.25) is 21.9 Å². The molecule has 8 nitrogen and oxygen atoms in total. The molecule has 1 fully saturated rings. The van der Waals surface area contributed by atoms with Gasteiger partial charge in [0, 0.05) is 50.0 Å². The van der Waals surface area contributed by atoms with Crippen LogP contribution in [-0.2, 0) is 21.2 Å². The molecule has 3 rings (SSSR count). The lowest BCUT2D eigenvalue weighted by molar-refractivity contribution is -0.120. The molecule has 146 valence electrons. The van der Waals surface area contributed by atoms with E-state index in [-0.39, 0.29) is 11.7 Å². The van der Waals surface area contributed by atoms with Gasteiger partial charge in [-0.2, -0.15) is 4.31 Å². The van der Waals surface area contributed by atoms with E-state index in [4.69, 9.17) is 0 Å². The van der Waals surface area contributed by atoms with Crippen LogP contribution in [0.4, 0.5) is 5.95 Å². The molecule has 0 radical (unpaired) electrons. The zero-order valence-electron chi connectivity index (χ0n) is 15.0. The van der Waals surface area contributed by atoms with Gasteiger partial charge >= 0.3 is 0 Å². The van der Waals surface area contributed by atoms with Crippen LogP contribution in [0.2, 0.25) is 0 Å². The molecular weight excluding hydrogens is 386 g/mol. The predicted molar refractivity (Wildman–Crippen MR) is 105 cm³/mol. The molecule has 2 aromatic heterocycles. The molecule has 3 heterocycles. The SMILES string of the molecule is O=C(Cc1cccs1)NCCCS(=O)(=O)N1CCN(c2ncccn2)CC1. The van der Waals surface area contributed by atoms with Gasteiger partial charge in [-0.05, 0) is 23.9 Å². The second kappa shape index (κ2) is 9.25. The van der Waals surface area contributed by atoms with Crippen molar-refractivity contribution in [3.63, 3.8) is 0 Å². The highest BCUT2D eigenvalue weighted by molar-refractivity contribution is 7.89. The number of piperazine rings is 1. The van der Waals surface area contributed by atoms with Crippen molar-refractivity contribution >= 4 is 33.2 Å². The van der Waals surface area contributed by atoms with Gasteiger partial charge in [-0.25, -0.2) is 18.4 Å². The summed E-state index contributed by atoms with van der Waals surface area (Å²) < 4.78 is 26.5. The highest BCUT2D eigenvalue weighted by atomic mass is 32.2. The van der Waals surface area contributed by atoms with Crippen molar-refractivity contribution in [3.8, 4) is 0 Å². The Kier molecular flexibility index (Phi) is 6.75. The lowest BCUT2D eigenvalue weighted by Crippen LogP contribution is -2.49. The van der Waals surface area contributed by atoms with Crippen LogP contribution < -0.4 is 10.2 Å². The molecule has 27 heavy (non-hydrogen) atoms.